The summed E-state index contributed by atoms with van der Waals surface area (Å²) in [4.78, 5) is 14.9. The standard InChI is InChI=1S/C19H16ClN3O2/c1-12-8-15(22-23-19(12)24)9-13-6-7-17(20)18(10-13)25-16-5-3-4-14(11-16)21-2/h3-7,10-12H,8-9H2,1H3,(H,23,24)/t12-/m0/s1. The lowest BCUT2D eigenvalue weighted by Crippen LogP contribution is -2.33. The van der Waals surface area contributed by atoms with E-state index in [0.717, 1.165) is 11.3 Å². The Labute approximate surface area is 151 Å². The molecule has 1 atom stereocenters. The SMILES string of the molecule is [C-]#[N+]c1cccc(Oc2cc(CC3=NNC(=O)[C@@H](C)C3)ccc2Cl)c1. The van der Waals surface area contributed by atoms with Crippen molar-refractivity contribution in [2.75, 3.05) is 0 Å². The molecular formula is C19H16ClN3O2. The first kappa shape index (κ1) is 17.0. The van der Waals surface area contributed by atoms with Crippen LogP contribution in [0.1, 0.15) is 18.9 Å². The van der Waals surface area contributed by atoms with E-state index in [1.165, 1.54) is 0 Å². The molecule has 1 heterocycles. The monoisotopic (exact) mass is 353 g/mol. The van der Waals surface area contributed by atoms with Crippen LogP contribution in [-0.4, -0.2) is 11.6 Å². The van der Waals surface area contributed by atoms with E-state index in [-0.39, 0.29) is 11.8 Å². The molecule has 0 unspecified atom stereocenters. The third-order valence-electron chi connectivity index (χ3n) is 3.89. The Hall–Kier alpha value is -2.84. The minimum absolute atomic E-state index is 0.0523. The Kier molecular flexibility index (Phi) is 5.01. The number of ether oxygens (including phenoxy) is 1. The van der Waals surface area contributed by atoms with Crippen LogP contribution in [-0.2, 0) is 11.2 Å². The van der Waals surface area contributed by atoms with E-state index in [2.05, 4.69) is 15.4 Å². The van der Waals surface area contributed by atoms with Gasteiger partial charge in [0.25, 0.3) is 0 Å². The van der Waals surface area contributed by atoms with E-state index in [0.29, 0.717) is 35.1 Å². The van der Waals surface area contributed by atoms with Gasteiger partial charge in [0.05, 0.1) is 11.6 Å². The van der Waals surface area contributed by atoms with Crippen molar-refractivity contribution >= 4 is 28.9 Å². The topological polar surface area (TPSA) is 55.0 Å². The van der Waals surface area contributed by atoms with Crippen LogP contribution in [0, 0.1) is 12.5 Å². The van der Waals surface area contributed by atoms with Crippen LogP contribution < -0.4 is 10.2 Å². The second-order valence-corrected chi connectivity index (χ2v) is 6.32. The lowest BCUT2D eigenvalue weighted by atomic mass is 9.97. The number of hydrogen-bond donors (Lipinski definition) is 1. The molecule has 6 heteroatoms. The van der Waals surface area contributed by atoms with Crippen LogP contribution >= 0.6 is 11.6 Å². The van der Waals surface area contributed by atoms with Crippen LogP contribution in [0.4, 0.5) is 5.69 Å². The third-order valence-corrected chi connectivity index (χ3v) is 4.20. The van der Waals surface area contributed by atoms with E-state index >= 15 is 0 Å². The first-order valence-electron chi connectivity index (χ1n) is 7.84. The van der Waals surface area contributed by atoms with E-state index in [1.54, 1.807) is 30.3 Å². The predicted molar refractivity (Wildman–Crippen MR) is 97.3 cm³/mol. The number of nitrogens with one attached hydrogen (secondary N) is 1. The highest BCUT2D eigenvalue weighted by atomic mass is 35.5. The summed E-state index contributed by atoms with van der Waals surface area (Å²) in [5.74, 6) is 0.952. The molecule has 2 aromatic rings. The largest absolute Gasteiger partial charge is 0.457 e. The molecule has 0 spiro atoms. The fourth-order valence-corrected chi connectivity index (χ4v) is 2.72. The number of rotatable bonds is 4. The van der Waals surface area contributed by atoms with Gasteiger partial charge in [-0.2, -0.15) is 5.10 Å². The summed E-state index contributed by atoms with van der Waals surface area (Å²) >= 11 is 6.23. The molecule has 1 amide bonds. The van der Waals surface area contributed by atoms with E-state index in [9.17, 15) is 4.79 Å². The maximum absolute atomic E-state index is 11.5. The first-order valence-corrected chi connectivity index (χ1v) is 8.22. The van der Waals surface area contributed by atoms with Crippen molar-refractivity contribution in [1.29, 1.82) is 0 Å². The normalized spacial score (nSPS) is 16.6. The molecule has 1 aliphatic rings. The highest BCUT2D eigenvalue weighted by Crippen LogP contribution is 2.32. The van der Waals surface area contributed by atoms with Crippen LogP contribution in [0.3, 0.4) is 0 Å². The van der Waals surface area contributed by atoms with Crippen LogP contribution in [0.15, 0.2) is 47.6 Å². The summed E-state index contributed by atoms with van der Waals surface area (Å²) in [5, 5.41) is 4.62. The Balaban J connectivity index is 1.79. The van der Waals surface area contributed by atoms with Crippen LogP contribution in [0.2, 0.25) is 5.02 Å². The number of benzene rings is 2. The molecule has 0 saturated heterocycles. The average molecular weight is 354 g/mol. The molecule has 1 N–H and O–H groups in total. The van der Waals surface area contributed by atoms with Crippen molar-refractivity contribution < 1.29 is 9.53 Å². The zero-order valence-electron chi connectivity index (χ0n) is 13.6. The van der Waals surface area contributed by atoms with Crippen molar-refractivity contribution in [2.45, 2.75) is 19.8 Å². The van der Waals surface area contributed by atoms with Gasteiger partial charge in [-0.25, -0.2) is 10.3 Å². The van der Waals surface area contributed by atoms with Crippen molar-refractivity contribution in [1.82, 2.24) is 5.43 Å². The smallest absolute Gasteiger partial charge is 0.243 e. The first-order chi connectivity index (χ1) is 12.0. The molecular weight excluding hydrogens is 338 g/mol. The summed E-state index contributed by atoms with van der Waals surface area (Å²) in [6.07, 6.45) is 1.25. The summed E-state index contributed by atoms with van der Waals surface area (Å²) in [5.41, 5.74) is 4.95. The molecule has 0 saturated carbocycles. The Morgan fingerprint density at radius 2 is 2.20 bits per heavy atom. The fourth-order valence-electron chi connectivity index (χ4n) is 2.56. The minimum Gasteiger partial charge on any atom is -0.457 e. The molecule has 1 aliphatic heterocycles. The van der Waals surface area contributed by atoms with Crippen LogP contribution in [0.5, 0.6) is 11.5 Å². The maximum atomic E-state index is 11.5. The molecule has 25 heavy (non-hydrogen) atoms. The number of carbonyl (C=O) groups is 1. The average Bonchev–Trinajstić information content (AvgIpc) is 2.61. The van der Waals surface area contributed by atoms with Gasteiger partial charge < -0.3 is 4.74 Å². The molecule has 2 aromatic carbocycles. The van der Waals surface area contributed by atoms with Crippen LogP contribution in [0.25, 0.3) is 4.85 Å². The number of amides is 1. The highest BCUT2D eigenvalue weighted by molar-refractivity contribution is 6.32. The van der Waals surface area contributed by atoms with Crippen molar-refractivity contribution in [3.05, 3.63) is 64.5 Å². The Bertz CT molecular complexity index is 886. The molecule has 3 rings (SSSR count). The van der Waals surface area contributed by atoms with Crippen molar-refractivity contribution in [3.8, 4) is 11.5 Å². The summed E-state index contributed by atoms with van der Waals surface area (Å²) in [6, 6.07) is 12.5. The van der Waals surface area contributed by atoms with Gasteiger partial charge in [0.1, 0.15) is 11.5 Å². The van der Waals surface area contributed by atoms with Crippen molar-refractivity contribution in [2.24, 2.45) is 11.0 Å². The number of carbonyl (C=O) groups excluding carboxylic acids is 1. The Morgan fingerprint density at radius 1 is 1.36 bits per heavy atom. The second-order valence-electron chi connectivity index (χ2n) is 5.91. The molecule has 0 aliphatic carbocycles. The molecule has 0 radical (unpaired) electrons. The molecule has 0 bridgehead atoms. The van der Waals surface area contributed by atoms with Gasteiger partial charge in [0.2, 0.25) is 5.91 Å². The molecule has 5 nitrogen and oxygen atoms in total. The number of nitrogens with zero attached hydrogens (tertiary/aromatic N) is 2. The van der Waals surface area contributed by atoms with Gasteiger partial charge in [-0.3, -0.25) is 4.79 Å². The Morgan fingerprint density at radius 3 is 2.96 bits per heavy atom. The molecule has 126 valence electrons. The van der Waals surface area contributed by atoms with E-state index in [1.807, 2.05) is 19.1 Å². The maximum Gasteiger partial charge on any atom is 0.243 e. The summed E-state index contributed by atoms with van der Waals surface area (Å²) < 4.78 is 5.83. The number of halogens is 1. The zero-order valence-corrected chi connectivity index (χ0v) is 14.4. The quantitative estimate of drug-likeness (QED) is 0.807. The highest BCUT2D eigenvalue weighted by Gasteiger charge is 2.20. The molecule has 0 aromatic heterocycles. The minimum atomic E-state index is -0.0770. The van der Waals surface area contributed by atoms with Crippen molar-refractivity contribution in [3.63, 3.8) is 0 Å². The summed E-state index contributed by atoms with van der Waals surface area (Å²) in [6.45, 7) is 8.95. The van der Waals surface area contributed by atoms with Gasteiger partial charge in [-0.15, -0.1) is 0 Å². The third kappa shape index (κ3) is 4.17. The summed E-state index contributed by atoms with van der Waals surface area (Å²) in [7, 11) is 0. The van der Waals surface area contributed by atoms with E-state index in [4.69, 9.17) is 22.9 Å². The van der Waals surface area contributed by atoms with Gasteiger partial charge in [-0.05, 0) is 36.2 Å². The fraction of sp³-hybridized carbons (Fsp3) is 0.211. The number of hydrazone groups is 1. The predicted octanol–water partition coefficient (Wildman–Crippen LogP) is 4.74. The van der Waals surface area contributed by atoms with Gasteiger partial charge in [0.15, 0.2) is 5.69 Å². The van der Waals surface area contributed by atoms with Gasteiger partial charge in [-0.1, -0.05) is 36.7 Å². The van der Waals surface area contributed by atoms with Gasteiger partial charge in [0, 0.05) is 18.1 Å². The zero-order chi connectivity index (χ0) is 17.8. The lowest BCUT2D eigenvalue weighted by Gasteiger charge is -2.18. The molecule has 0 fully saturated rings. The van der Waals surface area contributed by atoms with E-state index < -0.39 is 0 Å². The number of hydrogen-bond acceptors (Lipinski definition) is 3. The lowest BCUT2D eigenvalue weighted by molar-refractivity contribution is -0.124. The van der Waals surface area contributed by atoms with Gasteiger partial charge >= 0.3 is 0 Å². The second kappa shape index (κ2) is 7.37.